The molecule has 2 rings (SSSR count). The molecule has 3 nitrogen and oxygen atoms in total. The van der Waals surface area contributed by atoms with E-state index in [1.165, 1.54) is 5.56 Å². The molecule has 0 radical (unpaired) electrons. The molecule has 0 unspecified atom stereocenters. The van der Waals surface area contributed by atoms with E-state index < -0.39 is 0 Å². The van der Waals surface area contributed by atoms with Crippen LogP contribution in [-0.4, -0.2) is 30.4 Å². The molecule has 1 aromatic carbocycles. The van der Waals surface area contributed by atoms with Crippen LogP contribution in [-0.2, 0) is 4.79 Å². The molecule has 0 spiro atoms. The van der Waals surface area contributed by atoms with Gasteiger partial charge in [0.1, 0.15) is 0 Å². The van der Waals surface area contributed by atoms with E-state index >= 15 is 0 Å². The van der Waals surface area contributed by atoms with Gasteiger partial charge in [-0.3, -0.25) is 4.79 Å². The third kappa shape index (κ3) is 3.25. The van der Waals surface area contributed by atoms with Gasteiger partial charge in [0, 0.05) is 18.8 Å². The second kappa shape index (κ2) is 5.89. The van der Waals surface area contributed by atoms with Crippen molar-refractivity contribution in [3.63, 3.8) is 0 Å². The Morgan fingerprint density at radius 3 is 2.39 bits per heavy atom. The van der Waals surface area contributed by atoms with Gasteiger partial charge in [-0.25, -0.2) is 0 Å². The lowest BCUT2D eigenvalue weighted by Gasteiger charge is -2.16. The summed E-state index contributed by atoms with van der Waals surface area (Å²) in [5.41, 5.74) is 2.35. The lowest BCUT2D eigenvalue weighted by molar-refractivity contribution is -0.128. The lowest BCUT2D eigenvalue weighted by atomic mass is 10.0. The number of nitrogens with zero attached hydrogens (tertiary/aromatic N) is 1. The quantitative estimate of drug-likeness (QED) is 0.886. The Kier molecular flexibility index (Phi) is 4.24. The number of anilines is 1. The standard InChI is InChI=1S/C15H22N2O/c1-12(2)13-5-7-14(8-6-13)16-11-15(18)17-9-3-4-10-17/h5-8,12,16H,3-4,9-11H2,1-2H3. The van der Waals surface area contributed by atoms with E-state index in [0.717, 1.165) is 31.6 Å². The van der Waals surface area contributed by atoms with Gasteiger partial charge in [-0.1, -0.05) is 26.0 Å². The molecular weight excluding hydrogens is 224 g/mol. The van der Waals surface area contributed by atoms with Crippen molar-refractivity contribution >= 4 is 11.6 Å². The molecule has 98 valence electrons. The van der Waals surface area contributed by atoms with E-state index in [-0.39, 0.29) is 5.91 Å². The molecule has 0 atom stereocenters. The zero-order valence-corrected chi connectivity index (χ0v) is 11.3. The summed E-state index contributed by atoms with van der Waals surface area (Å²) >= 11 is 0. The van der Waals surface area contributed by atoms with Crippen LogP contribution in [0.4, 0.5) is 5.69 Å². The predicted molar refractivity (Wildman–Crippen MR) is 74.8 cm³/mol. The van der Waals surface area contributed by atoms with Gasteiger partial charge in [-0.05, 0) is 36.5 Å². The Hall–Kier alpha value is -1.51. The normalized spacial score (nSPS) is 15.2. The van der Waals surface area contributed by atoms with Crippen LogP contribution in [0, 0.1) is 0 Å². The van der Waals surface area contributed by atoms with Crippen LogP contribution in [0.2, 0.25) is 0 Å². The third-order valence-corrected chi connectivity index (χ3v) is 3.48. The third-order valence-electron chi connectivity index (χ3n) is 3.48. The van der Waals surface area contributed by atoms with Crippen molar-refractivity contribution in [1.29, 1.82) is 0 Å². The molecule has 1 N–H and O–H groups in total. The zero-order valence-electron chi connectivity index (χ0n) is 11.3. The van der Waals surface area contributed by atoms with Crippen LogP contribution in [0.25, 0.3) is 0 Å². The van der Waals surface area contributed by atoms with Gasteiger partial charge in [0.25, 0.3) is 0 Å². The smallest absolute Gasteiger partial charge is 0.241 e. The summed E-state index contributed by atoms with van der Waals surface area (Å²) in [4.78, 5) is 13.8. The molecule has 18 heavy (non-hydrogen) atoms. The number of carbonyl (C=O) groups excluding carboxylic acids is 1. The number of hydrogen-bond donors (Lipinski definition) is 1. The number of hydrogen-bond acceptors (Lipinski definition) is 2. The van der Waals surface area contributed by atoms with E-state index in [9.17, 15) is 4.79 Å². The van der Waals surface area contributed by atoms with E-state index in [2.05, 4.69) is 31.3 Å². The number of rotatable bonds is 4. The second-order valence-corrected chi connectivity index (χ2v) is 5.22. The molecule has 1 amide bonds. The van der Waals surface area contributed by atoms with Crippen LogP contribution in [0.5, 0.6) is 0 Å². The minimum atomic E-state index is 0.209. The number of amides is 1. The summed E-state index contributed by atoms with van der Waals surface area (Å²) in [5, 5.41) is 3.20. The highest BCUT2D eigenvalue weighted by atomic mass is 16.2. The van der Waals surface area contributed by atoms with Crippen molar-refractivity contribution in [2.24, 2.45) is 0 Å². The molecular formula is C15H22N2O. The van der Waals surface area contributed by atoms with Crippen molar-refractivity contribution in [2.75, 3.05) is 25.0 Å². The Labute approximate surface area is 109 Å². The van der Waals surface area contributed by atoms with Gasteiger partial charge in [-0.15, -0.1) is 0 Å². The molecule has 1 heterocycles. The Balaban J connectivity index is 1.84. The van der Waals surface area contributed by atoms with Crippen molar-refractivity contribution in [3.05, 3.63) is 29.8 Å². The highest BCUT2D eigenvalue weighted by Crippen LogP contribution is 2.17. The van der Waals surface area contributed by atoms with Crippen molar-refractivity contribution in [2.45, 2.75) is 32.6 Å². The first-order valence-electron chi connectivity index (χ1n) is 6.78. The van der Waals surface area contributed by atoms with Crippen LogP contribution in [0.1, 0.15) is 38.2 Å². The van der Waals surface area contributed by atoms with Gasteiger partial charge in [0.15, 0.2) is 0 Å². The molecule has 0 bridgehead atoms. The molecule has 1 aliphatic heterocycles. The van der Waals surface area contributed by atoms with Gasteiger partial charge in [-0.2, -0.15) is 0 Å². The first-order chi connectivity index (χ1) is 8.66. The van der Waals surface area contributed by atoms with Crippen molar-refractivity contribution in [1.82, 2.24) is 4.90 Å². The number of benzene rings is 1. The summed E-state index contributed by atoms with van der Waals surface area (Å²) in [7, 11) is 0. The van der Waals surface area contributed by atoms with Crippen LogP contribution in [0.15, 0.2) is 24.3 Å². The van der Waals surface area contributed by atoms with E-state index in [0.29, 0.717) is 12.5 Å². The maximum Gasteiger partial charge on any atom is 0.241 e. The fraction of sp³-hybridized carbons (Fsp3) is 0.533. The first kappa shape index (κ1) is 12.9. The molecule has 1 aliphatic rings. The second-order valence-electron chi connectivity index (χ2n) is 5.22. The van der Waals surface area contributed by atoms with Gasteiger partial charge in [0.2, 0.25) is 5.91 Å². The van der Waals surface area contributed by atoms with E-state index in [1.54, 1.807) is 0 Å². The maximum atomic E-state index is 11.9. The molecule has 0 aliphatic carbocycles. The Morgan fingerprint density at radius 2 is 1.83 bits per heavy atom. The summed E-state index contributed by atoms with van der Waals surface area (Å²) < 4.78 is 0. The predicted octanol–water partition coefficient (Wildman–Crippen LogP) is 2.84. The van der Waals surface area contributed by atoms with Crippen LogP contribution >= 0.6 is 0 Å². The largest absolute Gasteiger partial charge is 0.376 e. The van der Waals surface area contributed by atoms with Crippen LogP contribution in [0.3, 0.4) is 0 Å². The van der Waals surface area contributed by atoms with Gasteiger partial charge in [0.05, 0.1) is 6.54 Å². The molecule has 1 saturated heterocycles. The fourth-order valence-electron chi connectivity index (χ4n) is 2.24. The topological polar surface area (TPSA) is 32.3 Å². The lowest BCUT2D eigenvalue weighted by Crippen LogP contribution is -2.32. The number of nitrogens with one attached hydrogen (secondary N) is 1. The molecule has 3 heteroatoms. The average Bonchev–Trinajstić information content (AvgIpc) is 2.90. The molecule has 1 fully saturated rings. The minimum Gasteiger partial charge on any atom is -0.376 e. The monoisotopic (exact) mass is 246 g/mol. The minimum absolute atomic E-state index is 0.209. The molecule has 0 aromatic heterocycles. The molecule has 1 aromatic rings. The highest BCUT2D eigenvalue weighted by Gasteiger charge is 2.17. The first-order valence-corrected chi connectivity index (χ1v) is 6.78. The van der Waals surface area contributed by atoms with Crippen molar-refractivity contribution < 1.29 is 4.79 Å². The zero-order chi connectivity index (χ0) is 13.0. The van der Waals surface area contributed by atoms with Gasteiger partial charge >= 0.3 is 0 Å². The summed E-state index contributed by atoms with van der Waals surface area (Å²) in [5.74, 6) is 0.755. The number of likely N-dealkylation sites (tertiary alicyclic amines) is 1. The highest BCUT2D eigenvalue weighted by molar-refractivity contribution is 5.81. The van der Waals surface area contributed by atoms with E-state index in [4.69, 9.17) is 0 Å². The maximum absolute atomic E-state index is 11.9. The SMILES string of the molecule is CC(C)c1ccc(NCC(=O)N2CCCC2)cc1. The van der Waals surface area contributed by atoms with Crippen LogP contribution < -0.4 is 5.32 Å². The Bertz CT molecular complexity index is 391. The average molecular weight is 246 g/mol. The van der Waals surface area contributed by atoms with Crippen molar-refractivity contribution in [3.8, 4) is 0 Å². The summed E-state index contributed by atoms with van der Waals surface area (Å²) in [6.45, 7) is 6.61. The Morgan fingerprint density at radius 1 is 1.22 bits per heavy atom. The van der Waals surface area contributed by atoms with E-state index in [1.807, 2.05) is 17.0 Å². The fourth-order valence-corrected chi connectivity index (χ4v) is 2.24. The molecule has 0 saturated carbocycles. The van der Waals surface area contributed by atoms with Gasteiger partial charge < -0.3 is 10.2 Å². The summed E-state index contributed by atoms with van der Waals surface area (Å²) in [6.07, 6.45) is 2.30. The number of carbonyl (C=O) groups is 1. The summed E-state index contributed by atoms with van der Waals surface area (Å²) in [6, 6.07) is 8.33.